The van der Waals surface area contributed by atoms with Crippen molar-refractivity contribution in [3.8, 4) is 5.69 Å². The van der Waals surface area contributed by atoms with Crippen LogP contribution < -0.4 is 5.73 Å². The topological polar surface area (TPSA) is 98.8 Å². The number of aromatic nitrogens is 4. The second kappa shape index (κ2) is 8.11. The van der Waals surface area contributed by atoms with E-state index in [2.05, 4.69) is 15.3 Å². The third-order valence-corrected chi connectivity index (χ3v) is 3.16. The van der Waals surface area contributed by atoms with Crippen LogP contribution in [-0.2, 0) is 4.74 Å². The normalized spacial score (nSPS) is 9.96. The molecule has 0 saturated carbocycles. The highest BCUT2D eigenvalue weighted by molar-refractivity contribution is 6.30. The highest BCUT2D eigenvalue weighted by Crippen LogP contribution is 2.24. The molecule has 0 radical (unpaired) electrons. The molecule has 3 rings (SSSR count). The molecule has 7 nitrogen and oxygen atoms in total. The van der Waals surface area contributed by atoms with Crippen molar-refractivity contribution >= 4 is 23.4 Å². The number of hydrogen-bond acceptors (Lipinski definition) is 5. The Bertz CT molecular complexity index is 787. The molecule has 0 aliphatic heterocycles. The first-order chi connectivity index (χ1) is 11.6. The molecule has 3 aromatic rings. The lowest BCUT2D eigenvalue weighted by atomic mass is 10.3. The number of rotatable bonds is 3. The van der Waals surface area contributed by atoms with Gasteiger partial charge in [-0.2, -0.15) is 10.2 Å². The Labute approximate surface area is 142 Å². The second-order valence-corrected chi connectivity index (χ2v) is 4.82. The maximum atomic E-state index is 13.9. The zero-order valence-corrected chi connectivity index (χ0v) is 13.5. The van der Waals surface area contributed by atoms with Crippen molar-refractivity contribution in [2.45, 2.75) is 6.92 Å². The van der Waals surface area contributed by atoms with Crippen molar-refractivity contribution in [1.82, 2.24) is 20.0 Å². The van der Waals surface area contributed by atoms with Crippen LogP contribution in [0, 0.1) is 5.82 Å². The van der Waals surface area contributed by atoms with Gasteiger partial charge in [-0.1, -0.05) is 17.7 Å². The number of ether oxygens (including phenoxy) is 1. The lowest BCUT2D eigenvalue weighted by Crippen LogP contribution is -2.09. The molecule has 2 aromatic heterocycles. The van der Waals surface area contributed by atoms with E-state index in [0.29, 0.717) is 0 Å². The number of aromatic amines is 1. The summed E-state index contributed by atoms with van der Waals surface area (Å²) >= 11 is 5.69. The summed E-state index contributed by atoms with van der Waals surface area (Å²) in [6.45, 7) is 1.89. The number of esters is 1. The van der Waals surface area contributed by atoms with E-state index in [0.717, 1.165) is 4.68 Å². The summed E-state index contributed by atoms with van der Waals surface area (Å²) in [7, 11) is 0. The molecule has 0 amide bonds. The van der Waals surface area contributed by atoms with Gasteiger partial charge >= 0.3 is 5.97 Å². The summed E-state index contributed by atoms with van der Waals surface area (Å²) in [5.74, 6) is -1.26. The zero-order valence-electron chi connectivity index (χ0n) is 12.7. The van der Waals surface area contributed by atoms with Gasteiger partial charge in [0.05, 0.1) is 17.8 Å². The van der Waals surface area contributed by atoms with Crippen LogP contribution in [0.25, 0.3) is 5.69 Å². The first-order valence-electron chi connectivity index (χ1n) is 6.95. The summed E-state index contributed by atoms with van der Waals surface area (Å²) < 4.78 is 19.8. The van der Waals surface area contributed by atoms with E-state index in [1.807, 2.05) is 6.07 Å². The number of halogens is 2. The summed E-state index contributed by atoms with van der Waals surface area (Å²) in [6, 6.07) is 6.26. The van der Waals surface area contributed by atoms with Crippen LogP contribution in [0.4, 0.5) is 10.2 Å². The van der Waals surface area contributed by atoms with Crippen LogP contribution in [0.1, 0.15) is 17.3 Å². The molecule has 0 aliphatic rings. The number of hydrogen-bond donors (Lipinski definition) is 2. The molecule has 0 atom stereocenters. The Morgan fingerprint density at radius 3 is 2.83 bits per heavy atom. The van der Waals surface area contributed by atoms with E-state index in [-0.39, 0.29) is 28.7 Å². The van der Waals surface area contributed by atoms with Crippen molar-refractivity contribution in [3.05, 3.63) is 59.3 Å². The van der Waals surface area contributed by atoms with Crippen LogP contribution in [0.2, 0.25) is 5.02 Å². The van der Waals surface area contributed by atoms with Crippen molar-refractivity contribution in [2.75, 3.05) is 12.3 Å². The van der Waals surface area contributed by atoms with Gasteiger partial charge in [-0.3, -0.25) is 5.10 Å². The number of anilines is 1. The van der Waals surface area contributed by atoms with Crippen molar-refractivity contribution in [2.24, 2.45) is 0 Å². The average molecular weight is 352 g/mol. The van der Waals surface area contributed by atoms with Gasteiger partial charge in [0.2, 0.25) is 0 Å². The standard InChI is InChI=1S/C12H11ClFN3O2.C3H4N2/c1-2-19-12(18)7-6-16-17(11(7)15)9-5-3-4-8(13)10(9)14;1-2-4-5-3-1/h3-6H,2,15H2,1H3;1-3H,(H,4,5). The minimum absolute atomic E-state index is 0.000355. The number of nitrogens with two attached hydrogens (primary N) is 1. The molecule has 126 valence electrons. The minimum atomic E-state index is -0.658. The molecular weight excluding hydrogens is 337 g/mol. The van der Waals surface area contributed by atoms with Gasteiger partial charge in [0.15, 0.2) is 5.82 Å². The monoisotopic (exact) mass is 351 g/mol. The second-order valence-electron chi connectivity index (χ2n) is 4.42. The number of nitrogens with one attached hydrogen (secondary N) is 1. The molecule has 0 aliphatic carbocycles. The average Bonchev–Trinajstić information content (AvgIpc) is 3.24. The maximum Gasteiger partial charge on any atom is 0.343 e. The summed E-state index contributed by atoms with van der Waals surface area (Å²) in [4.78, 5) is 11.6. The molecule has 0 spiro atoms. The fraction of sp³-hybridized carbons (Fsp3) is 0.133. The van der Waals surface area contributed by atoms with Gasteiger partial charge in [0.1, 0.15) is 17.1 Å². The van der Waals surface area contributed by atoms with E-state index in [1.54, 1.807) is 25.4 Å². The predicted octanol–water partition coefficient (Wildman–Crippen LogP) is 2.83. The number of nitrogen functional groups attached to an aromatic ring is 1. The largest absolute Gasteiger partial charge is 0.462 e. The van der Waals surface area contributed by atoms with Crippen molar-refractivity contribution in [1.29, 1.82) is 0 Å². The summed E-state index contributed by atoms with van der Waals surface area (Å²) in [5.41, 5.74) is 5.93. The first-order valence-corrected chi connectivity index (χ1v) is 7.32. The summed E-state index contributed by atoms with van der Waals surface area (Å²) in [6.07, 6.45) is 4.69. The Morgan fingerprint density at radius 1 is 1.46 bits per heavy atom. The quantitative estimate of drug-likeness (QED) is 0.707. The number of carbonyl (C=O) groups excluding carboxylic acids is 1. The van der Waals surface area contributed by atoms with Gasteiger partial charge < -0.3 is 10.5 Å². The summed E-state index contributed by atoms with van der Waals surface area (Å²) in [5, 5.41) is 10.0. The molecule has 0 bridgehead atoms. The molecule has 0 unspecified atom stereocenters. The molecule has 0 fully saturated rings. The predicted molar refractivity (Wildman–Crippen MR) is 87.5 cm³/mol. The van der Waals surface area contributed by atoms with E-state index < -0.39 is 11.8 Å². The van der Waals surface area contributed by atoms with Crippen LogP contribution in [0.5, 0.6) is 0 Å². The SMILES string of the molecule is CCOC(=O)c1cnn(-c2cccc(Cl)c2F)c1N.c1cn[nH]c1. The van der Waals surface area contributed by atoms with Crippen LogP contribution in [0.3, 0.4) is 0 Å². The third kappa shape index (κ3) is 3.90. The fourth-order valence-electron chi connectivity index (χ4n) is 1.79. The molecule has 24 heavy (non-hydrogen) atoms. The van der Waals surface area contributed by atoms with Gasteiger partial charge in [0, 0.05) is 12.4 Å². The van der Waals surface area contributed by atoms with Crippen molar-refractivity contribution < 1.29 is 13.9 Å². The molecule has 3 N–H and O–H groups in total. The number of H-pyrrole nitrogens is 1. The van der Waals surface area contributed by atoms with Crippen LogP contribution >= 0.6 is 11.6 Å². The van der Waals surface area contributed by atoms with Crippen molar-refractivity contribution in [3.63, 3.8) is 0 Å². The molecule has 9 heteroatoms. The van der Waals surface area contributed by atoms with Crippen LogP contribution in [-0.4, -0.2) is 32.6 Å². The van der Waals surface area contributed by atoms with E-state index in [4.69, 9.17) is 22.1 Å². The van der Waals surface area contributed by atoms with Gasteiger partial charge in [-0.05, 0) is 25.1 Å². The molecule has 0 saturated heterocycles. The maximum absolute atomic E-state index is 13.9. The minimum Gasteiger partial charge on any atom is -0.462 e. The van der Waals surface area contributed by atoms with Gasteiger partial charge in [-0.15, -0.1) is 0 Å². The molecule has 2 heterocycles. The Balaban J connectivity index is 0.000000355. The lowest BCUT2D eigenvalue weighted by Gasteiger charge is -2.07. The lowest BCUT2D eigenvalue weighted by molar-refractivity contribution is 0.0527. The number of carbonyl (C=O) groups is 1. The van der Waals surface area contributed by atoms with Crippen LogP contribution in [0.15, 0.2) is 42.9 Å². The number of nitrogens with zero attached hydrogens (tertiary/aromatic N) is 3. The van der Waals surface area contributed by atoms with E-state index in [9.17, 15) is 9.18 Å². The highest BCUT2D eigenvalue weighted by Gasteiger charge is 2.19. The Hall–Kier alpha value is -2.87. The fourth-order valence-corrected chi connectivity index (χ4v) is 1.96. The van der Waals surface area contributed by atoms with E-state index >= 15 is 0 Å². The van der Waals surface area contributed by atoms with E-state index in [1.165, 1.54) is 18.3 Å². The van der Waals surface area contributed by atoms with Gasteiger partial charge in [-0.25, -0.2) is 13.9 Å². The first kappa shape index (κ1) is 17.5. The Kier molecular flexibility index (Phi) is 5.91. The number of benzene rings is 1. The zero-order chi connectivity index (χ0) is 17.5. The molecule has 1 aromatic carbocycles. The highest BCUT2D eigenvalue weighted by atomic mass is 35.5. The molecular formula is C15H15ClFN5O2. The smallest absolute Gasteiger partial charge is 0.343 e. The Morgan fingerprint density at radius 2 is 2.25 bits per heavy atom. The van der Waals surface area contributed by atoms with Gasteiger partial charge in [0.25, 0.3) is 0 Å². The third-order valence-electron chi connectivity index (χ3n) is 2.87.